The molecule has 1 saturated heterocycles. The van der Waals surface area contributed by atoms with Gasteiger partial charge in [-0.2, -0.15) is 4.98 Å². The first-order chi connectivity index (χ1) is 14.2. The Bertz CT molecular complexity index is 924. The first-order valence-corrected chi connectivity index (χ1v) is 10.4. The molecule has 8 nitrogen and oxygen atoms in total. The Kier molecular flexibility index (Phi) is 6.58. The van der Waals surface area contributed by atoms with Gasteiger partial charge in [0.05, 0.1) is 11.2 Å². The van der Waals surface area contributed by atoms with E-state index in [4.69, 9.17) is 5.73 Å². The number of hydrogen-bond acceptors (Lipinski definition) is 6. The van der Waals surface area contributed by atoms with E-state index in [0.29, 0.717) is 38.0 Å². The first kappa shape index (κ1) is 22.0. The Balaban J connectivity index is 1.68. The number of carbonyl (C=O) groups is 1. The van der Waals surface area contributed by atoms with Gasteiger partial charge in [-0.25, -0.2) is 4.79 Å². The molecule has 1 amide bonds. The summed E-state index contributed by atoms with van der Waals surface area (Å²) in [5, 5.41) is 3.22. The Morgan fingerprint density at radius 1 is 1.17 bits per heavy atom. The van der Waals surface area contributed by atoms with Gasteiger partial charge in [0, 0.05) is 38.4 Å². The Labute approximate surface area is 177 Å². The molecule has 30 heavy (non-hydrogen) atoms. The number of benzene rings is 1. The maximum atomic E-state index is 12.6. The van der Waals surface area contributed by atoms with Gasteiger partial charge < -0.3 is 20.9 Å². The van der Waals surface area contributed by atoms with E-state index in [9.17, 15) is 9.59 Å². The Morgan fingerprint density at radius 2 is 1.80 bits per heavy atom. The molecular formula is C22H32N6O2. The van der Waals surface area contributed by atoms with Gasteiger partial charge in [-0.1, -0.05) is 12.1 Å². The van der Waals surface area contributed by atoms with Crippen molar-refractivity contribution < 1.29 is 4.79 Å². The highest BCUT2D eigenvalue weighted by atomic mass is 16.2. The van der Waals surface area contributed by atoms with Crippen molar-refractivity contribution >= 4 is 11.7 Å². The number of nitrogens with one attached hydrogen (secondary N) is 1. The number of amides is 1. The van der Waals surface area contributed by atoms with Crippen LogP contribution in [0.25, 0.3) is 5.69 Å². The molecule has 8 heteroatoms. The molecule has 2 heterocycles. The number of nitrogens with zero attached hydrogens (tertiary/aromatic N) is 4. The third-order valence-corrected chi connectivity index (χ3v) is 5.48. The zero-order valence-corrected chi connectivity index (χ0v) is 18.3. The van der Waals surface area contributed by atoms with Crippen molar-refractivity contribution in [2.45, 2.75) is 38.8 Å². The lowest BCUT2D eigenvalue weighted by Crippen LogP contribution is -2.57. The monoisotopic (exact) mass is 412 g/mol. The van der Waals surface area contributed by atoms with Crippen LogP contribution in [0.15, 0.2) is 41.3 Å². The molecule has 0 bridgehead atoms. The SMILES string of the molecule is CNC(C)Cc1ccc(-n2ccc(N3CCN(C(=O)C(C)(C)N)CC3)nc2=O)cc1. The van der Waals surface area contributed by atoms with E-state index in [1.807, 2.05) is 42.3 Å². The van der Waals surface area contributed by atoms with Crippen LogP contribution in [0.3, 0.4) is 0 Å². The molecule has 1 aliphatic rings. The van der Waals surface area contributed by atoms with E-state index in [2.05, 4.69) is 17.2 Å². The van der Waals surface area contributed by atoms with Crippen LogP contribution in [-0.4, -0.2) is 65.2 Å². The largest absolute Gasteiger partial charge is 0.354 e. The highest BCUT2D eigenvalue weighted by molar-refractivity contribution is 5.85. The summed E-state index contributed by atoms with van der Waals surface area (Å²) < 4.78 is 1.55. The van der Waals surface area contributed by atoms with Crippen LogP contribution in [0.5, 0.6) is 0 Å². The summed E-state index contributed by atoms with van der Waals surface area (Å²) in [7, 11) is 1.95. The molecule has 1 unspecified atom stereocenters. The van der Waals surface area contributed by atoms with Crippen molar-refractivity contribution in [1.82, 2.24) is 19.8 Å². The summed E-state index contributed by atoms with van der Waals surface area (Å²) in [4.78, 5) is 33.0. The number of aromatic nitrogens is 2. The Morgan fingerprint density at radius 3 is 2.33 bits per heavy atom. The fourth-order valence-corrected chi connectivity index (χ4v) is 3.56. The molecule has 3 rings (SSSR count). The van der Waals surface area contributed by atoms with Crippen molar-refractivity contribution in [2.75, 3.05) is 38.1 Å². The average Bonchev–Trinajstić information content (AvgIpc) is 2.73. The highest BCUT2D eigenvalue weighted by Crippen LogP contribution is 2.15. The number of anilines is 1. The van der Waals surface area contributed by atoms with Crippen molar-refractivity contribution in [3.63, 3.8) is 0 Å². The lowest BCUT2D eigenvalue weighted by molar-refractivity contribution is -0.136. The molecule has 1 fully saturated rings. The topological polar surface area (TPSA) is 96.5 Å². The van der Waals surface area contributed by atoms with Crippen LogP contribution in [0.1, 0.15) is 26.3 Å². The van der Waals surface area contributed by atoms with Crippen LogP contribution in [0.4, 0.5) is 5.82 Å². The predicted octanol–water partition coefficient (Wildman–Crippen LogP) is 0.769. The van der Waals surface area contributed by atoms with Gasteiger partial charge in [0.25, 0.3) is 0 Å². The molecule has 0 spiro atoms. The Hall–Kier alpha value is -2.71. The first-order valence-electron chi connectivity index (χ1n) is 10.4. The molecule has 1 atom stereocenters. The van der Waals surface area contributed by atoms with Crippen LogP contribution in [-0.2, 0) is 11.2 Å². The number of hydrogen-bond donors (Lipinski definition) is 2. The van der Waals surface area contributed by atoms with E-state index >= 15 is 0 Å². The van der Waals surface area contributed by atoms with Gasteiger partial charge in [0.15, 0.2) is 0 Å². The molecule has 0 radical (unpaired) electrons. The smallest absolute Gasteiger partial charge is 0.353 e. The normalized spacial score (nSPS) is 15.9. The van der Waals surface area contributed by atoms with Gasteiger partial charge in [0.1, 0.15) is 5.82 Å². The molecule has 0 saturated carbocycles. The van der Waals surface area contributed by atoms with E-state index in [1.165, 1.54) is 5.56 Å². The standard InChI is InChI=1S/C22H32N6O2/c1-16(24-4)15-17-5-7-18(8-6-17)28-10-9-19(25-21(28)30)26-11-13-27(14-12-26)20(29)22(2,3)23/h5-10,16,24H,11-15,23H2,1-4H3. The number of nitrogens with two attached hydrogens (primary N) is 1. The molecule has 2 aromatic rings. The maximum absolute atomic E-state index is 12.6. The van der Waals surface area contributed by atoms with E-state index in [-0.39, 0.29) is 11.6 Å². The van der Waals surface area contributed by atoms with Crippen LogP contribution < -0.4 is 21.6 Å². The lowest BCUT2D eigenvalue weighted by atomic mass is 10.0. The number of likely N-dealkylation sites (N-methyl/N-ethyl adjacent to an activating group) is 1. The molecule has 1 aromatic heterocycles. The van der Waals surface area contributed by atoms with Gasteiger partial charge in [-0.15, -0.1) is 0 Å². The van der Waals surface area contributed by atoms with Gasteiger partial charge in [-0.05, 0) is 58.0 Å². The molecule has 0 aliphatic carbocycles. The minimum Gasteiger partial charge on any atom is -0.353 e. The minimum absolute atomic E-state index is 0.0573. The number of carbonyl (C=O) groups excluding carboxylic acids is 1. The summed E-state index contributed by atoms with van der Waals surface area (Å²) in [5.74, 6) is 0.577. The zero-order valence-electron chi connectivity index (χ0n) is 18.3. The third-order valence-electron chi connectivity index (χ3n) is 5.48. The molecule has 1 aromatic carbocycles. The lowest BCUT2D eigenvalue weighted by Gasteiger charge is -2.37. The van der Waals surface area contributed by atoms with Crippen LogP contribution in [0.2, 0.25) is 0 Å². The van der Waals surface area contributed by atoms with E-state index < -0.39 is 5.54 Å². The van der Waals surface area contributed by atoms with Crippen LogP contribution >= 0.6 is 0 Å². The summed E-state index contributed by atoms with van der Waals surface area (Å²) in [5.41, 5.74) is 6.74. The zero-order chi connectivity index (χ0) is 21.9. The summed E-state index contributed by atoms with van der Waals surface area (Å²) >= 11 is 0. The summed E-state index contributed by atoms with van der Waals surface area (Å²) in [6, 6.07) is 10.2. The molecular weight excluding hydrogens is 380 g/mol. The van der Waals surface area contributed by atoms with Crippen molar-refractivity contribution in [1.29, 1.82) is 0 Å². The van der Waals surface area contributed by atoms with Gasteiger partial charge in [0.2, 0.25) is 5.91 Å². The molecule has 1 aliphatic heterocycles. The minimum atomic E-state index is -0.873. The fraction of sp³-hybridized carbons (Fsp3) is 0.500. The second kappa shape index (κ2) is 8.97. The van der Waals surface area contributed by atoms with Crippen molar-refractivity contribution in [2.24, 2.45) is 5.73 Å². The average molecular weight is 413 g/mol. The molecule has 162 valence electrons. The number of rotatable bonds is 6. The van der Waals surface area contributed by atoms with E-state index in [0.717, 1.165) is 12.1 Å². The predicted molar refractivity (Wildman–Crippen MR) is 119 cm³/mol. The second-order valence-corrected chi connectivity index (χ2v) is 8.50. The van der Waals surface area contributed by atoms with Crippen molar-refractivity contribution in [3.8, 4) is 5.69 Å². The third kappa shape index (κ3) is 5.06. The molecule has 3 N–H and O–H groups in total. The van der Waals surface area contributed by atoms with Crippen LogP contribution in [0, 0.1) is 0 Å². The van der Waals surface area contributed by atoms with Crippen molar-refractivity contribution in [3.05, 3.63) is 52.6 Å². The van der Waals surface area contributed by atoms with Gasteiger partial charge in [-0.3, -0.25) is 9.36 Å². The quantitative estimate of drug-likeness (QED) is 0.728. The second-order valence-electron chi connectivity index (χ2n) is 8.50. The van der Waals surface area contributed by atoms with Gasteiger partial charge >= 0.3 is 5.69 Å². The fourth-order valence-electron chi connectivity index (χ4n) is 3.56. The summed E-state index contributed by atoms with van der Waals surface area (Å²) in [6.45, 7) is 7.95. The highest BCUT2D eigenvalue weighted by Gasteiger charge is 2.30. The summed E-state index contributed by atoms with van der Waals surface area (Å²) in [6.07, 6.45) is 2.69. The maximum Gasteiger partial charge on any atom is 0.354 e. The van der Waals surface area contributed by atoms with E-state index in [1.54, 1.807) is 29.5 Å². The number of piperazine rings is 1.